The van der Waals surface area contributed by atoms with Gasteiger partial charge in [0.2, 0.25) is 0 Å². The predicted molar refractivity (Wildman–Crippen MR) is 111 cm³/mol. The first kappa shape index (κ1) is 20.0. The van der Waals surface area contributed by atoms with Crippen molar-refractivity contribution in [2.24, 2.45) is 7.05 Å². The number of aromatic nitrogens is 2. The van der Waals surface area contributed by atoms with E-state index in [1.165, 1.54) is 5.56 Å². The maximum absolute atomic E-state index is 13.6. The Hall–Kier alpha value is -2.34. The van der Waals surface area contributed by atoms with Crippen LogP contribution in [0, 0.1) is 0 Å². The Bertz CT molecular complexity index is 890. The van der Waals surface area contributed by atoms with Crippen molar-refractivity contribution >= 4 is 5.91 Å². The van der Waals surface area contributed by atoms with Crippen molar-refractivity contribution in [2.75, 3.05) is 20.3 Å². The van der Waals surface area contributed by atoms with Gasteiger partial charge in [-0.2, -0.15) is 5.10 Å². The van der Waals surface area contributed by atoms with Gasteiger partial charge in [-0.15, -0.1) is 0 Å². The van der Waals surface area contributed by atoms with Gasteiger partial charge in [0, 0.05) is 45.8 Å². The van der Waals surface area contributed by atoms with E-state index in [0.29, 0.717) is 19.7 Å². The molecule has 2 heterocycles. The van der Waals surface area contributed by atoms with Crippen molar-refractivity contribution < 1.29 is 14.3 Å². The van der Waals surface area contributed by atoms with Crippen LogP contribution in [-0.2, 0) is 37.6 Å². The Morgan fingerprint density at radius 2 is 2.17 bits per heavy atom. The van der Waals surface area contributed by atoms with Gasteiger partial charge in [0.15, 0.2) is 0 Å². The zero-order valence-corrected chi connectivity index (χ0v) is 17.7. The first-order chi connectivity index (χ1) is 14.1. The summed E-state index contributed by atoms with van der Waals surface area (Å²) in [7, 11) is 3.60. The molecule has 29 heavy (non-hydrogen) atoms. The maximum atomic E-state index is 13.6. The first-order valence-corrected chi connectivity index (χ1v) is 10.7. The molecule has 6 heteroatoms. The third-order valence-corrected chi connectivity index (χ3v) is 5.92. The average Bonchev–Trinajstić information content (AvgIpc) is 3.24. The number of rotatable bonds is 7. The summed E-state index contributed by atoms with van der Waals surface area (Å²) in [6.07, 6.45) is 6.17. The standard InChI is InChI=1S/C23H31N3O3/c1-16-13-18-14-17(9-10-21(18)29-16)15-26(11-6-12-28-3)23(27)22-19-7-4-5-8-20(19)24-25(22)2/h9-10,14,16H,4-8,11-13,15H2,1-3H3/t16-/m1/s1. The third kappa shape index (κ3) is 4.17. The minimum atomic E-state index is 0.0735. The van der Waals surface area contributed by atoms with E-state index < -0.39 is 0 Å². The van der Waals surface area contributed by atoms with Crippen LogP contribution >= 0.6 is 0 Å². The summed E-state index contributed by atoms with van der Waals surface area (Å²) in [6.45, 7) is 3.98. The van der Waals surface area contributed by atoms with Gasteiger partial charge < -0.3 is 14.4 Å². The van der Waals surface area contributed by atoms with Gasteiger partial charge >= 0.3 is 0 Å². The number of benzene rings is 1. The summed E-state index contributed by atoms with van der Waals surface area (Å²) < 4.78 is 12.8. The molecule has 0 radical (unpaired) electrons. The highest BCUT2D eigenvalue weighted by Gasteiger charge is 2.28. The van der Waals surface area contributed by atoms with Crippen LogP contribution in [0.15, 0.2) is 18.2 Å². The second kappa shape index (κ2) is 8.57. The normalized spacial score (nSPS) is 17.6. The SMILES string of the molecule is COCCCN(Cc1ccc2c(c1)C[C@@H](C)O2)C(=O)c1c2c(nn1C)CCCC2. The van der Waals surface area contributed by atoms with Gasteiger partial charge in [0.25, 0.3) is 5.91 Å². The van der Waals surface area contributed by atoms with Crippen molar-refractivity contribution in [3.8, 4) is 5.75 Å². The second-order valence-electron chi connectivity index (χ2n) is 8.25. The zero-order chi connectivity index (χ0) is 20.4. The van der Waals surface area contributed by atoms with Crippen molar-refractivity contribution in [2.45, 2.75) is 58.1 Å². The Balaban J connectivity index is 1.58. The number of hydrogen-bond donors (Lipinski definition) is 0. The molecular formula is C23H31N3O3. The number of hydrogen-bond acceptors (Lipinski definition) is 4. The highest BCUT2D eigenvalue weighted by atomic mass is 16.5. The molecule has 1 aromatic carbocycles. The summed E-state index contributed by atoms with van der Waals surface area (Å²) in [4.78, 5) is 15.5. The minimum absolute atomic E-state index is 0.0735. The zero-order valence-electron chi connectivity index (χ0n) is 17.7. The largest absolute Gasteiger partial charge is 0.490 e. The summed E-state index contributed by atoms with van der Waals surface area (Å²) in [5.74, 6) is 1.04. The van der Waals surface area contributed by atoms with E-state index in [9.17, 15) is 4.79 Å². The third-order valence-electron chi connectivity index (χ3n) is 5.92. The van der Waals surface area contributed by atoms with Crippen LogP contribution in [0.4, 0.5) is 0 Å². The van der Waals surface area contributed by atoms with Crippen LogP contribution in [0.5, 0.6) is 5.75 Å². The van der Waals surface area contributed by atoms with E-state index in [2.05, 4.69) is 24.2 Å². The summed E-state index contributed by atoms with van der Waals surface area (Å²) in [5.41, 5.74) is 5.38. The number of ether oxygens (including phenoxy) is 2. The molecule has 0 saturated carbocycles. The molecule has 1 aromatic heterocycles. The lowest BCUT2D eigenvalue weighted by Gasteiger charge is -2.24. The molecule has 0 unspecified atom stereocenters. The number of carbonyl (C=O) groups excluding carboxylic acids is 1. The van der Waals surface area contributed by atoms with E-state index in [1.807, 2.05) is 18.0 Å². The van der Waals surface area contributed by atoms with Gasteiger partial charge in [-0.1, -0.05) is 12.1 Å². The average molecular weight is 398 g/mol. The van der Waals surface area contributed by atoms with Gasteiger partial charge in [-0.25, -0.2) is 0 Å². The van der Waals surface area contributed by atoms with Gasteiger partial charge in [0.1, 0.15) is 17.5 Å². The molecule has 0 fully saturated rings. The lowest BCUT2D eigenvalue weighted by molar-refractivity contribution is 0.0711. The monoisotopic (exact) mass is 397 g/mol. The first-order valence-electron chi connectivity index (χ1n) is 10.7. The van der Waals surface area contributed by atoms with Crippen molar-refractivity contribution in [3.05, 3.63) is 46.3 Å². The molecule has 6 nitrogen and oxygen atoms in total. The Labute approximate surface area is 172 Å². The Kier molecular flexibility index (Phi) is 5.90. The molecular weight excluding hydrogens is 366 g/mol. The highest BCUT2D eigenvalue weighted by molar-refractivity contribution is 5.94. The van der Waals surface area contributed by atoms with Crippen molar-refractivity contribution in [1.29, 1.82) is 0 Å². The maximum Gasteiger partial charge on any atom is 0.272 e. The van der Waals surface area contributed by atoms with Gasteiger partial charge in [-0.05, 0) is 56.2 Å². The fraction of sp³-hybridized carbons (Fsp3) is 0.565. The van der Waals surface area contributed by atoms with Gasteiger partial charge in [0.05, 0.1) is 5.69 Å². The molecule has 2 aliphatic rings. The number of aryl methyl sites for hydroxylation is 2. The van der Waals surface area contributed by atoms with E-state index in [0.717, 1.165) is 66.8 Å². The van der Waals surface area contributed by atoms with Crippen LogP contribution in [0.1, 0.15) is 59.1 Å². The number of fused-ring (bicyclic) bond motifs is 2. The topological polar surface area (TPSA) is 56.6 Å². The van der Waals surface area contributed by atoms with E-state index in [-0.39, 0.29) is 12.0 Å². The fourth-order valence-electron chi connectivity index (χ4n) is 4.54. The fourth-order valence-corrected chi connectivity index (χ4v) is 4.54. The molecule has 0 saturated heterocycles. The predicted octanol–water partition coefficient (Wildman–Crippen LogP) is 3.30. The van der Waals surface area contributed by atoms with Crippen molar-refractivity contribution in [1.82, 2.24) is 14.7 Å². The second-order valence-corrected chi connectivity index (χ2v) is 8.25. The molecule has 1 amide bonds. The summed E-state index contributed by atoms with van der Waals surface area (Å²) in [5, 5.41) is 4.64. The number of nitrogens with zero attached hydrogens (tertiary/aromatic N) is 3. The Morgan fingerprint density at radius 1 is 1.34 bits per heavy atom. The lowest BCUT2D eigenvalue weighted by atomic mass is 9.95. The number of methoxy groups -OCH3 is 1. The molecule has 1 aliphatic heterocycles. The highest BCUT2D eigenvalue weighted by Crippen LogP contribution is 2.30. The van der Waals surface area contributed by atoms with Crippen LogP contribution in [0.25, 0.3) is 0 Å². The Morgan fingerprint density at radius 3 is 3.00 bits per heavy atom. The molecule has 156 valence electrons. The molecule has 2 aromatic rings. The number of carbonyl (C=O) groups is 1. The molecule has 0 N–H and O–H groups in total. The van der Waals surface area contributed by atoms with Crippen molar-refractivity contribution in [3.63, 3.8) is 0 Å². The lowest BCUT2D eigenvalue weighted by Crippen LogP contribution is -2.34. The van der Waals surface area contributed by atoms with Gasteiger partial charge in [-0.3, -0.25) is 9.48 Å². The quantitative estimate of drug-likeness (QED) is 0.673. The van der Waals surface area contributed by atoms with E-state index in [4.69, 9.17) is 9.47 Å². The molecule has 1 aliphatic carbocycles. The van der Waals surface area contributed by atoms with Crippen LogP contribution < -0.4 is 4.74 Å². The molecule has 0 spiro atoms. The van der Waals surface area contributed by atoms with E-state index in [1.54, 1.807) is 11.8 Å². The van der Waals surface area contributed by atoms with Crippen LogP contribution in [0.2, 0.25) is 0 Å². The summed E-state index contributed by atoms with van der Waals surface area (Å²) >= 11 is 0. The summed E-state index contributed by atoms with van der Waals surface area (Å²) in [6, 6.07) is 6.30. The van der Waals surface area contributed by atoms with Crippen LogP contribution in [0.3, 0.4) is 0 Å². The molecule has 0 bridgehead atoms. The minimum Gasteiger partial charge on any atom is -0.490 e. The number of amides is 1. The van der Waals surface area contributed by atoms with Crippen LogP contribution in [-0.4, -0.2) is 47.0 Å². The molecule has 1 atom stereocenters. The van der Waals surface area contributed by atoms with E-state index >= 15 is 0 Å². The smallest absolute Gasteiger partial charge is 0.272 e. The molecule has 4 rings (SSSR count).